The highest BCUT2D eigenvalue weighted by molar-refractivity contribution is 7.89. The van der Waals surface area contributed by atoms with E-state index in [0.29, 0.717) is 24.5 Å². The van der Waals surface area contributed by atoms with E-state index in [2.05, 4.69) is 29.0 Å². The van der Waals surface area contributed by atoms with Gasteiger partial charge in [-0.05, 0) is 74.4 Å². The first-order valence-electron chi connectivity index (χ1n) is 10.8. The molecule has 0 aliphatic heterocycles. The molecular formula is C24H30ClNO4S. The normalized spacial score (nSPS) is 15.7. The fourth-order valence-electron chi connectivity index (χ4n) is 4.21. The van der Waals surface area contributed by atoms with Gasteiger partial charge in [-0.3, -0.25) is 4.79 Å². The Morgan fingerprint density at radius 2 is 1.65 bits per heavy atom. The Morgan fingerprint density at radius 3 is 2.26 bits per heavy atom. The Hall–Kier alpha value is -1.89. The van der Waals surface area contributed by atoms with Crippen molar-refractivity contribution in [3.8, 4) is 0 Å². The first-order chi connectivity index (χ1) is 14.8. The second-order valence-corrected chi connectivity index (χ2v) is 10.3. The van der Waals surface area contributed by atoms with Crippen LogP contribution >= 0.6 is 11.6 Å². The number of benzene rings is 2. The summed E-state index contributed by atoms with van der Waals surface area (Å²) in [5.41, 5.74) is 1.80. The van der Waals surface area contributed by atoms with E-state index in [1.54, 1.807) is 24.3 Å². The van der Waals surface area contributed by atoms with Gasteiger partial charge < -0.3 is 4.74 Å². The highest BCUT2D eigenvalue weighted by atomic mass is 35.5. The number of sulfonamides is 1. The van der Waals surface area contributed by atoms with Crippen LogP contribution in [0, 0.1) is 0 Å². The summed E-state index contributed by atoms with van der Waals surface area (Å²) >= 11 is 5.90. The molecule has 2 aromatic carbocycles. The lowest BCUT2D eigenvalue weighted by atomic mass is 9.90. The molecular weight excluding hydrogens is 434 g/mol. The van der Waals surface area contributed by atoms with Gasteiger partial charge in [-0.2, -0.15) is 0 Å². The molecule has 5 nitrogen and oxygen atoms in total. The summed E-state index contributed by atoms with van der Waals surface area (Å²) in [6.07, 6.45) is 6.30. The van der Waals surface area contributed by atoms with E-state index >= 15 is 0 Å². The zero-order chi connectivity index (χ0) is 22.3. The molecule has 7 heteroatoms. The second kappa shape index (κ2) is 10.6. The van der Waals surface area contributed by atoms with E-state index in [1.165, 1.54) is 0 Å². The predicted octanol–water partition coefficient (Wildman–Crippen LogP) is 5.06. The maximum Gasteiger partial charge on any atom is 0.305 e. The molecule has 0 saturated heterocycles. The summed E-state index contributed by atoms with van der Waals surface area (Å²) < 4.78 is 33.9. The van der Waals surface area contributed by atoms with E-state index in [-0.39, 0.29) is 10.9 Å². The molecule has 1 aliphatic rings. The molecule has 1 N–H and O–H groups in total. The molecule has 1 aliphatic carbocycles. The predicted molar refractivity (Wildman–Crippen MR) is 123 cm³/mol. The van der Waals surface area contributed by atoms with E-state index in [9.17, 15) is 13.2 Å². The summed E-state index contributed by atoms with van der Waals surface area (Å²) in [5, 5.41) is 0.511. The van der Waals surface area contributed by atoms with Crippen molar-refractivity contribution in [1.29, 1.82) is 0 Å². The van der Waals surface area contributed by atoms with Crippen molar-refractivity contribution < 1.29 is 17.9 Å². The second-order valence-electron chi connectivity index (χ2n) is 8.20. The lowest BCUT2D eigenvalue weighted by Crippen LogP contribution is -2.47. The average Bonchev–Trinajstić information content (AvgIpc) is 3.17. The molecule has 0 atom stereocenters. The molecule has 0 aromatic heterocycles. The zero-order valence-corrected chi connectivity index (χ0v) is 19.5. The molecule has 31 heavy (non-hydrogen) atoms. The van der Waals surface area contributed by atoms with Crippen molar-refractivity contribution in [3.05, 3.63) is 64.7 Å². The largest absolute Gasteiger partial charge is 0.466 e. The first-order valence-corrected chi connectivity index (χ1v) is 12.7. The molecule has 2 aromatic rings. The minimum atomic E-state index is -3.62. The van der Waals surface area contributed by atoms with Gasteiger partial charge in [0.05, 0.1) is 11.5 Å². The summed E-state index contributed by atoms with van der Waals surface area (Å²) in [6, 6.07) is 14.5. The van der Waals surface area contributed by atoms with Crippen LogP contribution in [0.4, 0.5) is 0 Å². The smallest absolute Gasteiger partial charge is 0.305 e. The van der Waals surface area contributed by atoms with Crippen LogP contribution in [0.2, 0.25) is 5.02 Å². The maximum atomic E-state index is 13.0. The van der Waals surface area contributed by atoms with E-state index in [1.807, 2.05) is 6.92 Å². The molecule has 0 heterocycles. The topological polar surface area (TPSA) is 72.5 Å². The SMILES string of the molecule is CCOC(=O)CCCc1ccc(CC2(NS(=O)(=O)c3ccc(Cl)cc3)CCCC2)cc1. The Kier molecular flexibility index (Phi) is 8.14. The molecule has 0 spiro atoms. The third-order valence-electron chi connectivity index (χ3n) is 5.75. The van der Waals surface area contributed by atoms with Crippen molar-refractivity contribution >= 4 is 27.6 Å². The molecule has 3 rings (SSSR count). The Balaban J connectivity index is 1.64. The molecule has 0 amide bonds. The van der Waals surface area contributed by atoms with Crippen molar-refractivity contribution in [2.75, 3.05) is 6.61 Å². The number of carbonyl (C=O) groups excluding carboxylic acids is 1. The summed E-state index contributed by atoms with van der Waals surface area (Å²) in [7, 11) is -3.62. The minimum Gasteiger partial charge on any atom is -0.466 e. The number of hydrogen-bond donors (Lipinski definition) is 1. The van der Waals surface area contributed by atoms with Gasteiger partial charge in [-0.1, -0.05) is 48.7 Å². The summed E-state index contributed by atoms with van der Waals surface area (Å²) in [4.78, 5) is 11.7. The number of carbonyl (C=O) groups is 1. The van der Waals surface area contributed by atoms with Crippen LogP contribution < -0.4 is 4.72 Å². The van der Waals surface area contributed by atoms with E-state index < -0.39 is 15.6 Å². The van der Waals surface area contributed by atoms with Crippen LogP contribution in [-0.2, 0) is 32.4 Å². The van der Waals surface area contributed by atoms with Gasteiger partial charge in [-0.25, -0.2) is 13.1 Å². The molecule has 1 fully saturated rings. The van der Waals surface area contributed by atoms with Crippen LogP contribution in [0.3, 0.4) is 0 Å². The number of esters is 1. The molecule has 0 radical (unpaired) electrons. The number of aryl methyl sites for hydroxylation is 1. The third kappa shape index (κ3) is 6.79. The summed E-state index contributed by atoms with van der Waals surface area (Å²) in [6.45, 7) is 2.22. The van der Waals surface area contributed by atoms with Crippen molar-refractivity contribution in [3.63, 3.8) is 0 Å². The Morgan fingerprint density at radius 1 is 1.03 bits per heavy atom. The van der Waals surface area contributed by atoms with Crippen LogP contribution in [0.15, 0.2) is 53.4 Å². The van der Waals surface area contributed by atoms with Gasteiger partial charge in [0.15, 0.2) is 0 Å². The number of hydrogen-bond acceptors (Lipinski definition) is 4. The Labute approximate surface area is 190 Å². The van der Waals surface area contributed by atoms with Crippen molar-refractivity contribution in [1.82, 2.24) is 4.72 Å². The highest BCUT2D eigenvalue weighted by Crippen LogP contribution is 2.34. The number of halogens is 1. The average molecular weight is 464 g/mol. The van der Waals surface area contributed by atoms with Crippen LogP contribution in [0.5, 0.6) is 0 Å². The summed E-state index contributed by atoms with van der Waals surface area (Å²) in [5.74, 6) is -0.157. The number of ether oxygens (including phenoxy) is 1. The molecule has 0 unspecified atom stereocenters. The van der Waals surface area contributed by atoms with E-state index in [0.717, 1.165) is 49.7 Å². The standard InChI is InChI=1S/C24H30ClNO4S/c1-2-30-23(27)7-5-6-19-8-10-20(11-9-19)18-24(16-3-4-17-24)26-31(28,29)22-14-12-21(25)13-15-22/h8-15,26H,2-7,16-18H2,1H3. The van der Waals surface area contributed by atoms with Crippen molar-refractivity contribution in [2.24, 2.45) is 0 Å². The van der Waals surface area contributed by atoms with Crippen LogP contribution in [-0.4, -0.2) is 26.5 Å². The van der Waals surface area contributed by atoms with Gasteiger partial charge in [0, 0.05) is 17.0 Å². The van der Waals surface area contributed by atoms with Gasteiger partial charge >= 0.3 is 5.97 Å². The molecule has 1 saturated carbocycles. The van der Waals surface area contributed by atoms with E-state index in [4.69, 9.17) is 16.3 Å². The van der Waals surface area contributed by atoms with Crippen molar-refractivity contribution in [2.45, 2.75) is 68.7 Å². The fourth-order valence-corrected chi connectivity index (χ4v) is 5.79. The van der Waals surface area contributed by atoms with Crippen LogP contribution in [0.1, 0.15) is 56.6 Å². The number of rotatable bonds is 10. The third-order valence-corrected chi connectivity index (χ3v) is 7.60. The number of nitrogens with one attached hydrogen (secondary N) is 1. The Bertz CT molecular complexity index is 966. The lowest BCUT2D eigenvalue weighted by Gasteiger charge is -2.30. The molecule has 0 bridgehead atoms. The quantitative estimate of drug-likeness (QED) is 0.500. The van der Waals surface area contributed by atoms with Gasteiger partial charge in [-0.15, -0.1) is 0 Å². The first kappa shape index (κ1) is 23.8. The maximum absolute atomic E-state index is 13.0. The minimum absolute atomic E-state index is 0.157. The van der Waals surface area contributed by atoms with Gasteiger partial charge in [0.1, 0.15) is 0 Å². The van der Waals surface area contributed by atoms with Gasteiger partial charge in [0.2, 0.25) is 10.0 Å². The highest BCUT2D eigenvalue weighted by Gasteiger charge is 2.38. The zero-order valence-electron chi connectivity index (χ0n) is 17.9. The van der Waals surface area contributed by atoms with Gasteiger partial charge in [0.25, 0.3) is 0 Å². The fraction of sp³-hybridized carbons (Fsp3) is 0.458. The molecule has 168 valence electrons. The van der Waals surface area contributed by atoms with Crippen LogP contribution in [0.25, 0.3) is 0 Å². The lowest BCUT2D eigenvalue weighted by molar-refractivity contribution is -0.143. The monoisotopic (exact) mass is 463 g/mol.